The molecule has 2 N–H and O–H groups in total. The van der Waals surface area contributed by atoms with Gasteiger partial charge < -0.3 is 19.5 Å². The van der Waals surface area contributed by atoms with Crippen LogP contribution >= 0.6 is 0 Å². The second-order valence-electron chi connectivity index (χ2n) is 5.60. The third kappa shape index (κ3) is 2.90. The van der Waals surface area contributed by atoms with Crippen molar-refractivity contribution in [3.8, 4) is 0 Å². The topological polar surface area (TPSA) is 91.0 Å². The van der Waals surface area contributed by atoms with Crippen LogP contribution < -0.4 is 4.90 Å². The molecule has 0 aliphatic carbocycles. The molecule has 1 aromatic heterocycles. The molecule has 0 unspecified atom stereocenters. The maximum Gasteiger partial charge on any atom is 0.311 e. The van der Waals surface area contributed by atoms with Gasteiger partial charge in [-0.1, -0.05) is 0 Å². The second-order valence-corrected chi connectivity index (χ2v) is 5.60. The number of hydrogen-bond acceptors (Lipinski definition) is 4. The normalized spacial score (nSPS) is 16.1. The fraction of sp³-hybridized carbons (Fsp3) is 0.375. The Morgan fingerprint density at radius 2 is 1.91 bits per heavy atom. The lowest BCUT2D eigenvalue weighted by atomic mass is 9.97. The Bertz CT molecular complexity index is 712. The number of carboxylic acids is 2. The van der Waals surface area contributed by atoms with Crippen molar-refractivity contribution in [3.05, 3.63) is 30.0 Å². The molecule has 3 rings (SSSR count). The van der Waals surface area contributed by atoms with Gasteiger partial charge in [0.2, 0.25) is 0 Å². The average Bonchev–Trinajstić information content (AvgIpc) is 2.87. The maximum absolute atomic E-state index is 11.0. The standard InChI is InChI=1S/C16H17NO5/c18-15(19)9-13-7-11-1-2-12(8-14(11)22-13)17-5-3-10(4-6-17)16(20)21/h1-2,7-8,10H,3-6,9H2,(H,18,19)(H,20,21). The molecular formula is C16H17NO5. The van der Waals surface area contributed by atoms with Crippen molar-refractivity contribution in [2.75, 3.05) is 18.0 Å². The van der Waals surface area contributed by atoms with Crippen LogP contribution in [0.1, 0.15) is 18.6 Å². The number of furan rings is 1. The predicted molar refractivity (Wildman–Crippen MR) is 80.1 cm³/mol. The largest absolute Gasteiger partial charge is 0.481 e. The average molecular weight is 303 g/mol. The van der Waals surface area contributed by atoms with Crippen molar-refractivity contribution >= 4 is 28.6 Å². The molecule has 2 aromatic rings. The van der Waals surface area contributed by atoms with Crippen LogP contribution in [-0.2, 0) is 16.0 Å². The number of anilines is 1. The lowest BCUT2D eigenvalue weighted by Crippen LogP contribution is -2.36. The SMILES string of the molecule is O=C(O)Cc1cc2ccc(N3CCC(C(=O)O)CC3)cc2o1. The molecule has 1 fully saturated rings. The minimum Gasteiger partial charge on any atom is -0.481 e. The number of hydrogen-bond donors (Lipinski definition) is 2. The van der Waals surface area contributed by atoms with E-state index in [-0.39, 0.29) is 12.3 Å². The van der Waals surface area contributed by atoms with E-state index in [2.05, 4.69) is 4.90 Å². The smallest absolute Gasteiger partial charge is 0.311 e. The van der Waals surface area contributed by atoms with Crippen molar-refractivity contribution in [2.24, 2.45) is 5.92 Å². The van der Waals surface area contributed by atoms with Crippen LogP contribution in [0.3, 0.4) is 0 Å². The van der Waals surface area contributed by atoms with Gasteiger partial charge in [-0.05, 0) is 31.0 Å². The van der Waals surface area contributed by atoms with E-state index in [1.807, 2.05) is 18.2 Å². The zero-order valence-corrected chi connectivity index (χ0v) is 12.0. The fourth-order valence-electron chi connectivity index (χ4n) is 2.89. The van der Waals surface area contributed by atoms with Crippen LogP contribution in [0.15, 0.2) is 28.7 Å². The van der Waals surface area contributed by atoms with Crippen LogP contribution in [0.25, 0.3) is 11.0 Å². The summed E-state index contributed by atoms with van der Waals surface area (Å²) < 4.78 is 5.57. The van der Waals surface area contributed by atoms with E-state index in [4.69, 9.17) is 14.6 Å². The summed E-state index contributed by atoms with van der Waals surface area (Å²) in [6.45, 7) is 1.40. The Balaban J connectivity index is 1.77. The van der Waals surface area contributed by atoms with Crippen molar-refractivity contribution in [1.29, 1.82) is 0 Å². The number of rotatable bonds is 4. The number of carbonyl (C=O) groups is 2. The molecule has 0 atom stereocenters. The number of piperidine rings is 1. The second kappa shape index (κ2) is 5.71. The van der Waals surface area contributed by atoms with E-state index in [0.717, 1.165) is 11.1 Å². The molecular weight excluding hydrogens is 286 g/mol. The Morgan fingerprint density at radius 1 is 1.18 bits per heavy atom. The molecule has 116 valence electrons. The molecule has 1 aromatic carbocycles. The van der Waals surface area contributed by atoms with E-state index in [9.17, 15) is 9.59 Å². The van der Waals surface area contributed by atoms with Gasteiger partial charge in [0.1, 0.15) is 17.8 Å². The summed E-state index contributed by atoms with van der Waals surface area (Å²) in [5.41, 5.74) is 1.64. The lowest BCUT2D eigenvalue weighted by Gasteiger charge is -2.31. The Morgan fingerprint density at radius 3 is 2.55 bits per heavy atom. The first-order valence-electron chi connectivity index (χ1n) is 7.25. The van der Waals surface area contributed by atoms with Gasteiger partial charge in [0.05, 0.1) is 5.92 Å². The van der Waals surface area contributed by atoms with Gasteiger partial charge in [-0.3, -0.25) is 9.59 Å². The summed E-state index contributed by atoms with van der Waals surface area (Å²) in [5.74, 6) is -1.47. The molecule has 1 saturated heterocycles. The van der Waals surface area contributed by atoms with Crippen molar-refractivity contribution in [2.45, 2.75) is 19.3 Å². The molecule has 2 heterocycles. The molecule has 6 nitrogen and oxygen atoms in total. The fourth-order valence-corrected chi connectivity index (χ4v) is 2.89. The third-order valence-electron chi connectivity index (χ3n) is 4.09. The Kier molecular flexibility index (Phi) is 3.75. The molecule has 1 aliphatic rings. The molecule has 0 amide bonds. The highest BCUT2D eigenvalue weighted by Gasteiger charge is 2.24. The van der Waals surface area contributed by atoms with Gasteiger partial charge >= 0.3 is 11.9 Å². The van der Waals surface area contributed by atoms with Crippen LogP contribution in [0.4, 0.5) is 5.69 Å². The minimum absolute atomic E-state index is 0.131. The summed E-state index contributed by atoms with van der Waals surface area (Å²) in [7, 11) is 0. The summed E-state index contributed by atoms with van der Waals surface area (Å²) in [5, 5.41) is 18.7. The minimum atomic E-state index is -0.921. The zero-order chi connectivity index (χ0) is 15.7. The highest BCUT2D eigenvalue weighted by molar-refractivity contribution is 5.83. The Labute approximate surface area is 126 Å². The zero-order valence-electron chi connectivity index (χ0n) is 12.0. The Hall–Kier alpha value is -2.50. The quantitative estimate of drug-likeness (QED) is 0.901. The highest BCUT2D eigenvalue weighted by atomic mass is 16.4. The van der Waals surface area contributed by atoms with E-state index < -0.39 is 11.9 Å². The summed E-state index contributed by atoms with van der Waals surface area (Å²) >= 11 is 0. The number of fused-ring (bicyclic) bond motifs is 1. The first kappa shape index (κ1) is 14.4. The van der Waals surface area contributed by atoms with Crippen molar-refractivity contribution in [1.82, 2.24) is 0 Å². The van der Waals surface area contributed by atoms with Crippen molar-refractivity contribution < 1.29 is 24.2 Å². The highest BCUT2D eigenvalue weighted by Crippen LogP contribution is 2.28. The van der Waals surface area contributed by atoms with Gasteiger partial charge in [0.15, 0.2) is 0 Å². The molecule has 1 aliphatic heterocycles. The van der Waals surface area contributed by atoms with E-state index in [1.54, 1.807) is 6.07 Å². The van der Waals surface area contributed by atoms with E-state index in [1.165, 1.54) is 0 Å². The van der Waals surface area contributed by atoms with Gasteiger partial charge in [-0.2, -0.15) is 0 Å². The molecule has 0 bridgehead atoms. The predicted octanol–water partition coefficient (Wildman–Crippen LogP) is 2.36. The first-order valence-corrected chi connectivity index (χ1v) is 7.25. The van der Waals surface area contributed by atoms with Gasteiger partial charge in [0.25, 0.3) is 0 Å². The lowest BCUT2D eigenvalue weighted by molar-refractivity contribution is -0.142. The molecule has 0 spiro atoms. The van der Waals surface area contributed by atoms with Crippen LogP contribution in [0.2, 0.25) is 0 Å². The van der Waals surface area contributed by atoms with Gasteiger partial charge in [-0.25, -0.2) is 0 Å². The van der Waals surface area contributed by atoms with Gasteiger partial charge in [-0.15, -0.1) is 0 Å². The maximum atomic E-state index is 11.0. The molecule has 0 radical (unpaired) electrons. The number of nitrogens with zero attached hydrogens (tertiary/aromatic N) is 1. The molecule has 6 heteroatoms. The van der Waals surface area contributed by atoms with Crippen LogP contribution in [-0.4, -0.2) is 35.2 Å². The first-order chi connectivity index (χ1) is 10.5. The summed E-state index contributed by atoms with van der Waals surface area (Å²) in [4.78, 5) is 23.8. The number of carboxylic acid groups (broad SMARTS) is 2. The van der Waals surface area contributed by atoms with E-state index in [0.29, 0.717) is 37.3 Å². The van der Waals surface area contributed by atoms with E-state index >= 15 is 0 Å². The van der Waals surface area contributed by atoms with Crippen LogP contribution in [0.5, 0.6) is 0 Å². The monoisotopic (exact) mass is 303 g/mol. The number of aliphatic carboxylic acids is 2. The van der Waals surface area contributed by atoms with Crippen LogP contribution in [0, 0.1) is 5.92 Å². The molecule has 0 saturated carbocycles. The summed E-state index contributed by atoms with van der Waals surface area (Å²) in [6.07, 6.45) is 1.14. The van der Waals surface area contributed by atoms with Gasteiger partial charge in [0, 0.05) is 30.2 Å². The molecule has 22 heavy (non-hydrogen) atoms. The third-order valence-corrected chi connectivity index (χ3v) is 4.09. The van der Waals surface area contributed by atoms with Crippen molar-refractivity contribution in [3.63, 3.8) is 0 Å². The summed E-state index contributed by atoms with van der Waals surface area (Å²) in [6, 6.07) is 7.50. The number of benzene rings is 1.